The summed E-state index contributed by atoms with van der Waals surface area (Å²) >= 11 is 0. The molecule has 0 bridgehead atoms. The van der Waals surface area contributed by atoms with Gasteiger partial charge in [0.15, 0.2) is 5.78 Å². The minimum Gasteiger partial charge on any atom is -0.481 e. The molecule has 0 aliphatic carbocycles. The van der Waals surface area contributed by atoms with Crippen molar-refractivity contribution in [1.29, 1.82) is 0 Å². The number of hydrogen-bond acceptors (Lipinski definition) is 5. The first kappa shape index (κ1) is 28.0. The Bertz CT molecular complexity index is 1830. The summed E-state index contributed by atoms with van der Waals surface area (Å²) < 4.78 is 28.0. The fourth-order valence-corrected chi connectivity index (χ4v) is 6.06. The number of carbonyl (C=O) groups excluding carboxylic acids is 1. The molecule has 2 heterocycles. The number of nitrogens with one attached hydrogen (secondary N) is 2. The van der Waals surface area contributed by atoms with E-state index in [4.69, 9.17) is 0 Å². The Hall–Kier alpha value is -4.50. The van der Waals surface area contributed by atoms with E-state index in [1.807, 2.05) is 12.3 Å². The predicted molar refractivity (Wildman–Crippen MR) is 160 cm³/mol. The van der Waals surface area contributed by atoms with Crippen molar-refractivity contribution in [3.63, 3.8) is 0 Å². The van der Waals surface area contributed by atoms with Gasteiger partial charge in [-0.1, -0.05) is 50.1 Å². The standard InChI is InChI=1S/C32H31N3O5S/c1-2-3-5-9-21-16-28-27-18-23(14-15-29(27)34-31(28)33-20-21)30(36)19-26(32(37)38)22-10-8-11-24(17-22)35-41(39,40)25-12-6-4-7-13-25/h4,6-8,10-18,20,26,35H,2-3,5,9,19H2,1H3,(H,33,34)(H,37,38). The molecule has 210 valence electrons. The van der Waals surface area contributed by atoms with Gasteiger partial charge in [-0.25, -0.2) is 13.4 Å². The summed E-state index contributed by atoms with van der Waals surface area (Å²) in [6.45, 7) is 2.17. The average Bonchev–Trinajstić information content (AvgIpc) is 3.33. The van der Waals surface area contributed by atoms with E-state index in [-0.39, 0.29) is 22.8 Å². The van der Waals surface area contributed by atoms with Gasteiger partial charge in [0.05, 0.1) is 10.8 Å². The highest BCUT2D eigenvalue weighted by atomic mass is 32.2. The zero-order chi connectivity index (χ0) is 29.0. The predicted octanol–water partition coefficient (Wildman–Crippen LogP) is 6.69. The number of benzene rings is 3. The molecular formula is C32H31N3O5S. The van der Waals surface area contributed by atoms with Gasteiger partial charge in [0.25, 0.3) is 10.0 Å². The van der Waals surface area contributed by atoms with E-state index in [2.05, 4.69) is 27.7 Å². The number of anilines is 1. The second-order valence-electron chi connectivity index (χ2n) is 10.1. The number of carbonyl (C=O) groups is 2. The number of sulfonamides is 1. The number of nitrogens with zero attached hydrogens (tertiary/aromatic N) is 1. The molecule has 41 heavy (non-hydrogen) atoms. The lowest BCUT2D eigenvalue weighted by molar-refractivity contribution is -0.138. The van der Waals surface area contributed by atoms with Crippen molar-refractivity contribution in [2.75, 3.05) is 4.72 Å². The molecule has 1 unspecified atom stereocenters. The number of aromatic nitrogens is 2. The van der Waals surface area contributed by atoms with E-state index >= 15 is 0 Å². The normalized spacial score (nSPS) is 12.4. The number of aryl methyl sites for hydroxylation is 1. The van der Waals surface area contributed by atoms with E-state index in [0.29, 0.717) is 11.1 Å². The summed E-state index contributed by atoms with van der Waals surface area (Å²) in [6, 6.07) is 21.4. The van der Waals surface area contributed by atoms with E-state index < -0.39 is 21.9 Å². The number of rotatable bonds is 12. The third-order valence-electron chi connectivity index (χ3n) is 7.18. The van der Waals surface area contributed by atoms with Crippen LogP contribution in [0.1, 0.15) is 60.0 Å². The number of Topliss-reactive ketones (excluding diaryl/α,β-unsaturated/α-hetero) is 1. The molecule has 0 saturated heterocycles. The quantitative estimate of drug-likeness (QED) is 0.113. The summed E-state index contributed by atoms with van der Waals surface area (Å²) in [7, 11) is -3.86. The van der Waals surface area contributed by atoms with Crippen molar-refractivity contribution in [1.82, 2.24) is 9.97 Å². The van der Waals surface area contributed by atoms with Crippen molar-refractivity contribution in [2.24, 2.45) is 0 Å². The third kappa shape index (κ3) is 6.30. The molecule has 0 fully saturated rings. The zero-order valence-electron chi connectivity index (χ0n) is 22.6. The van der Waals surface area contributed by atoms with Crippen molar-refractivity contribution in [3.8, 4) is 0 Å². The number of fused-ring (bicyclic) bond motifs is 3. The Morgan fingerprint density at radius 3 is 2.51 bits per heavy atom. The molecule has 2 aromatic heterocycles. The Labute approximate surface area is 238 Å². The minimum absolute atomic E-state index is 0.0892. The minimum atomic E-state index is -3.86. The highest BCUT2D eigenvalue weighted by Crippen LogP contribution is 2.30. The summed E-state index contributed by atoms with van der Waals surface area (Å²) in [5.41, 5.74) is 3.67. The number of hydrogen-bond donors (Lipinski definition) is 3. The molecule has 0 aliphatic rings. The molecule has 0 aliphatic heterocycles. The Morgan fingerprint density at radius 1 is 0.951 bits per heavy atom. The van der Waals surface area contributed by atoms with Crippen molar-refractivity contribution in [3.05, 3.63) is 102 Å². The van der Waals surface area contributed by atoms with Crippen LogP contribution in [-0.4, -0.2) is 35.2 Å². The van der Waals surface area contributed by atoms with Crippen LogP contribution in [-0.2, 0) is 21.2 Å². The number of pyridine rings is 1. The van der Waals surface area contributed by atoms with Crippen LogP contribution >= 0.6 is 0 Å². The van der Waals surface area contributed by atoms with Gasteiger partial charge < -0.3 is 10.1 Å². The maximum absolute atomic E-state index is 13.4. The number of ketones is 1. The van der Waals surface area contributed by atoms with Gasteiger partial charge in [-0.05, 0) is 72.5 Å². The molecule has 3 N–H and O–H groups in total. The number of carboxylic acid groups (broad SMARTS) is 1. The number of unbranched alkanes of at least 4 members (excludes halogenated alkanes) is 2. The van der Waals surface area contributed by atoms with Gasteiger partial charge in [0.1, 0.15) is 5.65 Å². The van der Waals surface area contributed by atoms with Crippen LogP contribution in [0.2, 0.25) is 0 Å². The maximum atomic E-state index is 13.4. The highest BCUT2D eigenvalue weighted by molar-refractivity contribution is 7.92. The molecule has 3 aromatic carbocycles. The van der Waals surface area contributed by atoms with Crippen molar-refractivity contribution < 1.29 is 23.1 Å². The summed E-state index contributed by atoms with van der Waals surface area (Å²) in [5, 5.41) is 11.8. The molecule has 0 saturated carbocycles. The Kier molecular flexibility index (Phi) is 8.16. The van der Waals surface area contributed by atoms with Crippen LogP contribution in [0.25, 0.3) is 21.9 Å². The fraction of sp³-hybridized carbons (Fsp3) is 0.219. The lowest BCUT2D eigenvalue weighted by Crippen LogP contribution is -2.17. The van der Waals surface area contributed by atoms with Crippen LogP contribution in [0.15, 0.2) is 90.0 Å². The number of H-pyrrole nitrogens is 1. The molecule has 8 nitrogen and oxygen atoms in total. The van der Waals surface area contributed by atoms with Gasteiger partial charge in [0, 0.05) is 40.2 Å². The molecule has 9 heteroatoms. The Balaban J connectivity index is 1.39. The SMILES string of the molecule is CCCCCc1cnc2[nH]c3ccc(C(=O)CC(C(=O)O)c4cccc(NS(=O)(=O)c5ccccc5)c4)cc3c2c1. The smallest absolute Gasteiger partial charge is 0.311 e. The van der Waals surface area contributed by atoms with Crippen LogP contribution < -0.4 is 4.72 Å². The molecular weight excluding hydrogens is 538 g/mol. The van der Waals surface area contributed by atoms with Crippen LogP contribution in [0.4, 0.5) is 5.69 Å². The van der Waals surface area contributed by atoms with E-state index in [1.54, 1.807) is 48.5 Å². The zero-order valence-corrected chi connectivity index (χ0v) is 23.4. The maximum Gasteiger partial charge on any atom is 0.311 e. The first-order chi connectivity index (χ1) is 19.7. The number of aliphatic carboxylic acids is 1. The van der Waals surface area contributed by atoms with Gasteiger partial charge >= 0.3 is 5.97 Å². The topological polar surface area (TPSA) is 129 Å². The first-order valence-corrected chi connectivity index (χ1v) is 15.1. The van der Waals surface area contributed by atoms with Gasteiger partial charge in [-0.2, -0.15) is 0 Å². The monoisotopic (exact) mass is 569 g/mol. The second-order valence-corrected chi connectivity index (χ2v) is 11.8. The molecule has 1 atom stereocenters. The molecule has 5 rings (SSSR count). The molecule has 0 spiro atoms. The third-order valence-corrected chi connectivity index (χ3v) is 8.58. The van der Waals surface area contributed by atoms with Gasteiger partial charge in [-0.15, -0.1) is 0 Å². The second kappa shape index (κ2) is 11.9. The van der Waals surface area contributed by atoms with Crippen LogP contribution in [0.5, 0.6) is 0 Å². The Morgan fingerprint density at radius 2 is 1.76 bits per heavy atom. The van der Waals surface area contributed by atoms with Crippen LogP contribution in [0.3, 0.4) is 0 Å². The summed E-state index contributed by atoms with van der Waals surface area (Å²) in [4.78, 5) is 33.6. The fourth-order valence-electron chi connectivity index (χ4n) is 4.99. The van der Waals surface area contributed by atoms with Gasteiger partial charge in [-0.3, -0.25) is 14.3 Å². The van der Waals surface area contributed by atoms with E-state index in [1.165, 1.54) is 18.2 Å². The van der Waals surface area contributed by atoms with Crippen molar-refractivity contribution >= 4 is 49.4 Å². The lowest BCUT2D eigenvalue weighted by atomic mass is 9.91. The van der Waals surface area contributed by atoms with Gasteiger partial charge in [0.2, 0.25) is 0 Å². The molecule has 0 amide bonds. The van der Waals surface area contributed by atoms with E-state index in [9.17, 15) is 23.1 Å². The largest absolute Gasteiger partial charge is 0.481 e. The molecule has 5 aromatic rings. The molecule has 0 radical (unpaired) electrons. The summed E-state index contributed by atoms with van der Waals surface area (Å²) in [5.74, 6) is -2.65. The lowest BCUT2D eigenvalue weighted by Gasteiger charge is -2.15. The highest BCUT2D eigenvalue weighted by Gasteiger charge is 2.25. The number of aromatic amines is 1. The number of carboxylic acids is 1. The summed E-state index contributed by atoms with van der Waals surface area (Å²) in [6.07, 6.45) is 5.91. The van der Waals surface area contributed by atoms with Crippen LogP contribution in [0, 0.1) is 0 Å². The first-order valence-electron chi connectivity index (χ1n) is 13.6. The van der Waals surface area contributed by atoms with Crippen molar-refractivity contribution in [2.45, 2.75) is 49.8 Å². The van der Waals surface area contributed by atoms with E-state index in [0.717, 1.165) is 53.2 Å². The average molecular weight is 570 g/mol.